The first-order chi connectivity index (χ1) is 9.15. The van der Waals surface area contributed by atoms with Gasteiger partial charge in [0.15, 0.2) is 11.5 Å². The number of rotatable bonds is 6. The Hall–Kier alpha value is -1.26. The van der Waals surface area contributed by atoms with Crippen LogP contribution in [0.5, 0.6) is 11.5 Å². The van der Waals surface area contributed by atoms with Crippen LogP contribution in [-0.4, -0.2) is 44.3 Å². The molecular formula is C15H24N2O2. The monoisotopic (exact) mass is 264 g/mol. The number of hydrogen-bond donors (Lipinski definition) is 1. The van der Waals surface area contributed by atoms with Crippen LogP contribution in [-0.2, 0) is 6.54 Å². The first-order valence-corrected chi connectivity index (χ1v) is 6.95. The van der Waals surface area contributed by atoms with Gasteiger partial charge in [0.2, 0.25) is 0 Å². The van der Waals surface area contributed by atoms with Crippen LogP contribution in [0.3, 0.4) is 0 Å². The van der Waals surface area contributed by atoms with Gasteiger partial charge >= 0.3 is 0 Å². The number of nitrogens with one attached hydrogen (secondary N) is 1. The number of nitrogens with zero attached hydrogens (tertiary/aromatic N) is 1. The molecule has 0 unspecified atom stereocenters. The van der Waals surface area contributed by atoms with Crippen molar-refractivity contribution >= 4 is 0 Å². The van der Waals surface area contributed by atoms with Crippen molar-refractivity contribution in [3.8, 4) is 11.5 Å². The van der Waals surface area contributed by atoms with Crippen LogP contribution >= 0.6 is 0 Å². The van der Waals surface area contributed by atoms with Crippen LogP contribution in [0.25, 0.3) is 0 Å². The third-order valence-electron chi connectivity index (χ3n) is 3.11. The Kier molecular flexibility index (Phi) is 5.05. The molecule has 19 heavy (non-hydrogen) atoms. The van der Waals surface area contributed by atoms with Crippen molar-refractivity contribution in [1.29, 1.82) is 0 Å². The number of likely N-dealkylation sites (N-methyl/N-ethyl adjacent to an activating group) is 1. The molecular weight excluding hydrogens is 240 g/mol. The van der Waals surface area contributed by atoms with Crippen molar-refractivity contribution in [1.82, 2.24) is 10.2 Å². The summed E-state index contributed by atoms with van der Waals surface area (Å²) in [5.41, 5.74) is 1.26. The van der Waals surface area contributed by atoms with Crippen molar-refractivity contribution in [2.45, 2.75) is 26.4 Å². The number of hydrogen-bond acceptors (Lipinski definition) is 4. The van der Waals surface area contributed by atoms with Gasteiger partial charge in [0.1, 0.15) is 13.2 Å². The van der Waals surface area contributed by atoms with Gasteiger partial charge in [-0.2, -0.15) is 0 Å². The van der Waals surface area contributed by atoms with Gasteiger partial charge < -0.3 is 19.7 Å². The summed E-state index contributed by atoms with van der Waals surface area (Å²) in [5, 5.41) is 3.43. The summed E-state index contributed by atoms with van der Waals surface area (Å²) in [5.74, 6) is 1.73. The van der Waals surface area contributed by atoms with Gasteiger partial charge in [-0.05, 0) is 24.7 Å². The summed E-state index contributed by atoms with van der Waals surface area (Å²) in [6.45, 7) is 8.60. The van der Waals surface area contributed by atoms with Crippen molar-refractivity contribution in [3.63, 3.8) is 0 Å². The fourth-order valence-electron chi connectivity index (χ4n) is 2.12. The molecule has 1 aliphatic rings. The van der Waals surface area contributed by atoms with Gasteiger partial charge in [0.05, 0.1) is 0 Å². The molecule has 0 spiro atoms. The Morgan fingerprint density at radius 3 is 2.68 bits per heavy atom. The van der Waals surface area contributed by atoms with E-state index in [9.17, 15) is 0 Å². The zero-order chi connectivity index (χ0) is 13.7. The second-order valence-electron chi connectivity index (χ2n) is 5.32. The molecule has 1 aromatic rings. The van der Waals surface area contributed by atoms with Gasteiger partial charge in [-0.15, -0.1) is 0 Å². The molecule has 1 aromatic carbocycles. The second kappa shape index (κ2) is 6.78. The quantitative estimate of drug-likeness (QED) is 0.850. The summed E-state index contributed by atoms with van der Waals surface area (Å²) >= 11 is 0. The van der Waals surface area contributed by atoms with Crippen LogP contribution < -0.4 is 14.8 Å². The smallest absolute Gasteiger partial charge is 0.161 e. The Morgan fingerprint density at radius 1 is 1.21 bits per heavy atom. The zero-order valence-electron chi connectivity index (χ0n) is 12.1. The highest BCUT2D eigenvalue weighted by Gasteiger charge is 2.12. The molecule has 0 atom stereocenters. The summed E-state index contributed by atoms with van der Waals surface area (Å²) in [7, 11) is 2.14. The highest BCUT2D eigenvalue weighted by Crippen LogP contribution is 2.30. The fourth-order valence-corrected chi connectivity index (χ4v) is 2.12. The number of fused-ring (bicyclic) bond motifs is 1. The Labute approximate surface area is 115 Å². The molecule has 0 fully saturated rings. The van der Waals surface area contributed by atoms with E-state index >= 15 is 0 Å². The lowest BCUT2D eigenvalue weighted by Gasteiger charge is -2.21. The van der Waals surface area contributed by atoms with Crippen molar-refractivity contribution in [2.24, 2.45) is 0 Å². The average Bonchev–Trinajstić information content (AvgIpc) is 2.38. The first kappa shape index (κ1) is 14.2. The maximum absolute atomic E-state index is 5.60. The van der Waals surface area contributed by atoms with E-state index in [-0.39, 0.29) is 0 Å². The molecule has 1 N–H and O–H groups in total. The standard InChI is InChI=1S/C15H24N2O2/c1-12(2)16-6-7-17(3)11-13-4-5-14-15(10-13)19-9-8-18-14/h4-5,10,12,16H,6-9,11H2,1-3H3. The van der Waals surface area contributed by atoms with E-state index in [1.54, 1.807) is 0 Å². The summed E-state index contributed by atoms with van der Waals surface area (Å²) in [6, 6.07) is 6.74. The molecule has 0 saturated heterocycles. The zero-order valence-corrected chi connectivity index (χ0v) is 12.1. The molecule has 4 nitrogen and oxygen atoms in total. The lowest BCUT2D eigenvalue weighted by Crippen LogP contribution is -2.32. The number of benzene rings is 1. The van der Waals surface area contributed by atoms with Crippen LogP contribution in [0.15, 0.2) is 18.2 Å². The molecule has 1 heterocycles. The second-order valence-corrected chi connectivity index (χ2v) is 5.32. The average molecular weight is 264 g/mol. The van der Waals surface area contributed by atoms with E-state index in [1.807, 2.05) is 6.07 Å². The predicted molar refractivity (Wildman–Crippen MR) is 76.9 cm³/mol. The molecule has 0 aliphatic carbocycles. The summed E-state index contributed by atoms with van der Waals surface area (Å²) in [4.78, 5) is 2.31. The number of ether oxygens (including phenoxy) is 2. The Morgan fingerprint density at radius 2 is 1.95 bits per heavy atom. The minimum Gasteiger partial charge on any atom is -0.486 e. The Bertz CT molecular complexity index is 407. The lowest BCUT2D eigenvalue weighted by molar-refractivity contribution is 0.171. The van der Waals surface area contributed by atoms with E-state index in [4.69, 9.17) is 9.47 Å². The minimum atomic E-state index is 0.544. The van der Waals surface area contributed by atoms with Crippen molar-refractivity contribution in [3.05, 3.63) is 23.8 Å². The van der Waals surface area contributed by atoms with Crippen LogP contribution in [0, 0.1) is 0 Å². The first-order valence-electron chi connectivity index (χ1n) is 6.95. The van der Waals surface area contributed by atoms with E-state index in [2.05, 4.69) is 43.2 Å². The maximum Gasteiger partial charge on any atom is 0.161 e. The van der Waals surface area contributed by atoms with Gasteiger partial charge in [0, 0.05) is 25.7 Å². The van der Waals surface area contributed by atoms with Crippen molar-refractivity contribution in [2.75, 3.05) is 33.4 Å². The summed E-state index contributed by atoms with van der Waals surface area (Å²) in [6.07, 6.45) is 0. The van der Waals surface area contributed by atoms with E-state index < -0.39 is 0 Å². The predicted octanol–water partition coefficient (Wildman–Crippen LogP) is 1.89. The van der Waals surface area contributed by atoms with E-state index in [0.29, 0.717) is 19.3 Å². The van der Waals surface area contributed by atoms with Gasteiger partial charge in [0.25, 0.3) is 0 Å². The minimum absolute atomic E-state index is 0.544. The van der Waals surface area contributed by atoms with Crippen molar-refractivity contribution < 1.29 is 9.47 Å². The fraction of sp³-hybridized carbons (Fsp3) is 0.600. The van der Waals surface area contributed by atoms with Gasteiger partial charge in [-0.25, -0.2) is 0 Å². The molecule has 2 rings (SSSR count). The van der Waals surface area contributed by atoms with Gasteiger partial charge in [-0.3, -0.25) is 0 Å². The lowest BCUT2D eigenvalue weighted by atomic mass is 10.2. The molecule has 0 radical (unpaired) electrons. The third kappa shape index (κ3) is 4.40. The molecule has 0 bridgehead atoms. The van der Waals surface area contributed by atoms with Crippen LogP contribution in [0.2, 0.25) is 0 Å². The molecule has 0 amide bonds. The normalized spacial score (nSPS) is 14.2. The van der Waals surface area contributed by atoms with E-state index in [0.717, 1.165) is 31.1 Å². The molecule has 0 saturated carbocycles. The molecule has 106 valence electrons. The highest BCUT2D eigenvalue weighted by molar-refractivity contribution is 5.43. The highest BCUT2D eigenvalue weighted by atomic mass is 16.6. The Balaban J connectivity index is 1.85. The third-order valence-corrected chi connectivity index (χ3v) is 3.11. The largest absolute Gasteiger partial charge is 0.486 e. The van der Waals surface area contributed by atoms with Crippen LogP contribution in [0.1, 0.15) is 19.4 Å². The molecule has 1 aliphatic heterocycles. The molecule has 4 heteroatoms. The maximum atomic E-state index is 5.60. The van der Waals surface area contributed by atoms with Gasteiger partial charge in [-0.1, -0.05) is 19.9 Å². The van der Waals surface area contributed by atoms with E-state index in [1.165, 1.54) is 5.56 Å². The molecule has 0 aromatic heterocycles. The SMILES string of the molecule is CC(C)NCCN(C)Cc1ccc2c(c1)OCCO2. The topological polar surface area (TPSA) is 33.7 Å². The van der Waals surface area contributed by atoms with Crippen LogP contribution in [0.4, 0.5) is 0 Å². The summed E-state index contributed by atoms with van der Waals surface area (Å²) < 4.78 is 11.1.